The molecule has 0 radical (unpaired) electrons. The van der Waals surface area contributed by atoms with Crippen LogP contribution in [0.3, 0.4) is 0 Å². The molecule has 0 aliphatic rings. The summed E-state index contributed by atoms with van der Waals surface area (Å²) >= 11 is 9.17. The zero-order valence-electron chi connectivity index (χ0n) is 14.0. The highest BCUT2D eigenvalue weighted by molar-refractivity contribution is 8.00. The van der Waals surface area contributed by atoms with Crippen molar-refractivity contribution < 1.29 is 4.52 Å². The molecule has 9 heteroatoms. The first-order valence-corrected chi connectivity index (χ1v) is 10.3. The molecular weight excluding hydrogens is 402 g/mol. The number of anilines is 1. The van der Waals surface area contributed by atoms with Crippen LogP contribution >= 0.6 is 34.7 Å². The Morgan fingerprint density at radius 1 is 1.04 bits per heavy atom. The van der Waals surface area contributed by atoms with E-state index in [2.05, 4.69) is 37.8 Å². The monoisotopic (exact) mass is 415 g/mol. The van der Waals surface area contributed by atoms with Crippen LogP contribution < -0.4 is 5.32 Å². The SMILES string of the molecule is Clc1ccccc1-c1noc(CSc2nnc(NCc3ccccc3)s2)n1. The fourth-order valence-electron chi connectivity index (χ4n) is 2.30. The predicted molar refractivity (Wildman–Crippen MR) is 108 cm³/mol. The highest BCUT2D eigenvalue weighted by Gasteiger charge is 2.13. The molecular formula is C18H14ClN5OS2. The number of nitrogens with zero attached hydrogens (tertiary/aromatic N) is 4. The van der Waals surface area contributed by atoms with Gasteiger partial charge in [0.25, 0.3) is 0 Å². The maximum Gasteiger partial charge on any atom is 0.237 e. The van der Waals surface area contributed by atoms with Crippen molar-refractivity contribution in [3.8, 4) is 11.4 Å². The number of benzene rings is 2. The fourth-order valence-corrected chi connectivity index (χ4v) is 4.11. The molecule has 1 N–H and O–H groups in total. The molecule has 136 valence electrons. The molecule has 0 atom stereocenters. The lowest BCUT2D eigenvalue weighted by Crippen LogP contribution is -1.98. The van der Waals surface area contributed by atoms with E-state index in [1.54, 1.807) is 6.07 Å². The van der Waals surface area contributed by atoms with E-state index < -0.39 is 0 Å². The summed E-state index contributed by atoms with van der Waals surface area (Å²) in [4.78, 5) is 4.40. The van der Waals surface area contributed by atoms with Crippen LogP contribution in [0.15, 0.2) is 63.5 Å². The first kappa shape index (κ1) is 18.0. The summed E-state index contributed by atoms with van der Waals surface area (Å²) in [7, 11) is 0. The second-order valence-corrected chi connectivity index (χ2v) is 8.10. The predicted octanol–water partition coefficient (Wildman–Crippen LogP) is 5.15. The highest BCUT2D eigenvalue weighted by atomic mass is 35.5. The number of nitrogens with one attached hydrogen (secondary N) is 1. The number of hydrogen-bond acceptors (Lipinski definition) is 8. The first-order chi connectivity index (χ1) is 13.3. The Morgan fingerprint density at radius 2 is 1.85 bits per heavy atom. The van der Waals surface area contributed by atoms with E-state index in [0.717, 1.165) is 15.0 Å². The van der Waals surface area contributed by atoms with Crippen molar-refractivity contribution in [3.63, 3.8) is 0 Å². The number of aromatic nitrogens is 4. The summed E-state index contributed by atoms with van der Waals surface area (Å²) in [6.45, 7) is 0.713. The molecule has 0 bridgehead atoms. The van der Waals surface area contributed by atoms with Crippen LogP contribution in [0, 0.1) is 0 Å². The third-order valence-electron chi connectivity index (χ3n) is 3.59. The summed E-state index contributed by atoms with van der Waals surface area (Å²) in [5.41, 5.74) is 1.95. The standard InChI is InChI=1S/C18H14ClN5OS2/c19-14-9-5-4-8-13(14)16-21-15(25-24-16)11-26-18-23-22-17(27-18)20-10-12-6-2-1-3-7-12/h1-9H,10-11H2,(H,20,22). The minimum absolute atomic E-state index is 0.485. The molecule has 27 heavy (non-hydrogen) atoms. The van der Waals surface area contributed by atoms with Crippen molar-refractivity contribution in [1.82, 2.24) is 20.3 Å². The van der Waals surface area contributed by atoms with Gasteiger partial charge in [0.05, 0.1) is 10.8 Å². The molecule has 0 unspecified atom stereocenters. The zero-order chi connectivity index (χ0) is 18.5. The Kier molecular flexibility index (Phi) is 5.66. The van der Waals surface area contributed by atoms with Gasteiger partial charge in [-0.2, -0.15) is 4.98 Å². The van der Waals surface area contributed by atoms with Crippen molar-refractivity contribution in [2.75, 3.05) is 5.32 Å². The molecule has 2 aromatic carbocycles. The summed E-state index contributed by atoms with van der Waals surface area (Å²) in [6.07, 6.45) is 0. The summed E-state index contributed by atoms with van der Waals surface area (Å²) < 4.78 is 6.14. The van der Waals surface area contributed by atoms with Gasteiger partial charge in [-0.3, -0.25) is 0 Å². The number of thioether (sulfide) groups is 1. The number of rotatable bonds is 7. The largest absolute Gasteiger partial charge is 0.356 e. The quantitative estimate of drug-likeness (QED) is 0.418. The minimum Gasteiger partial charge on any atom is -0.356 e. The van der Waals surface area contributed by atoms with Crippen molar-refractivity contribution in [1.29, 1.82) is 0 Å². The number of hydrogen-bond donors (Lipinski definition) is 1. The van der Waals surface area contributed by atoms with Gasteiger partial charge >= 0.3 is 0 Å². The van der Waals surface area contributed by atoms with Gasteiger partial charge in [0, 0.05) is 12.1 Å². The van der Waals surface area contributed by atoms with Gasteiger partial charge in [0.1, 0.15) is 0 Å². The van der Waals surface area contributed by atoms with Crippen LogP contribution in [-0.4, -0.2) is 20.3 Å². The van der Waals surface area contributed by atoms with Gasteiger partial charge in [-0.25, -0.2) is 0 Å². The lowest BCUT2D eigenvalue weighted by molar-refractivity contribution is 0.391. The molecule has 6 nitrogen and oxygen atoms in total. The van der Waals surface area contributed by atoms with Crippen LogP contribution in [0.2, 0.25) is 5.02 Å². The van der Waals surface area contributed by atoms with Crippen LogP contribution in [0.5, 0.6) is 0 Å². The van der Waals surface area contributed by atoms with E-state index in [0.29, 0.717) is 29.0 Å². The molecule has 0 aliphatic heterocycles. The van der Waals surface area contributed by atoms with Crippen molar-refractivity contribution in [3.05, 3.63) is 71.1 Å². The Labute approximate surface area is 169 Å². The lowest BCUT2D eigenvalue weighted by Gasteiger charge is -2.00. The summed E-state index contributed by atoms with van der Waals surface area (Å²) in [5, 5.41) is 17.0. The molecule has 0 spiro atoms. The molecule has 2 aromatic heterocycles. The van der Waals surface area contributed by atoms with E-state index in [4.69, 9.17) is 16.1 Å². The van der Waals surface area contributed by atoms with Crippen LogP contribution in [-0.2, 0) is 12.3 Å². The van der Waals surface area contributed by atoms with Crippen molar-refractivity contribution >= 4 is 39.8 Å². The van der Waals surface area contributed by atoms with Crippen LogP contribution in [0.4, 0.5) is 5.13 Å². The Morgan fingerprint density at radius 3 is 2.70 bits per heavy atom. The molecule has 0 fully saturated rings. The molecule has 0 saturated carbocycles. The third kappa shape index (κ3) is 4.65. The lowest BCUT2D eigenvalue weighted by atomic mass is 10.2. The number of halogens is 1. The van der Waals surface area contributed by atoms with E-state index in [9.17, 15) is 0 Å². The second kappa shape index (κ2) is 8.51. The maximum absolute atomic E-state index is 6.17. The molecule has 2 heterocycles. The second-order valence-electron chi connectivity index (χ2n) is 5.49. The van der Waals surface area contributed by atoms with Crippen molar-refractivity contribution in [2.45, 2.75) is 16.6 Å². The first-order valence-electron chi connectivity index (χ1n) is 8.09. The van der Waals surface area contributed by atoms with Gasteiger partial charge in [-0.15, -0.1) is 10.2 Å². The third-order valence-corrected chi connectivity index (χ3v) is 5.92. The molecule has 4 rings (SSSR count). The van der Waals surface area contributed by atoms with E-state index in [-0.39, 0.29) is 0 Å². The topological polar surface area (TPSA) is 76.7 Å². The smallest absolute Gasteiger partial charge is 0.237 e. The Balaban J connectivity index is 1.33. The molecule has 0 aliphatic carbocycles. The van der Waals surface area contributed by atoms with Gasteiger partial charge in [-0.1, -0.05) is 82.3 Å². The van der Waals surface area contributed by atoms with Crippen LogP contribution in [0.1, 0.15) is 11.5 Å². The maximum atomic E-state index is 6.17. The molecule has 0 saturated heterocycles. The molecule has 4 aromatic rings. The van der Waals surface area contributed by atoms with Gasteiger partial charge in [0.2, 0.25) is 16.8 Å². The van der Waals surface area contributed by atoms with Gasteiger partial charge < -0.3 is 9.84 Å². The highest BCUT2D eigenvalue weighted by Crippen LogP contribution is 2.30. The Hall–Kier alpha value is -2.42. The van der Waals surface area contributed by atoms with Gasteiger partial charge in [-0.05, 0) is 17.7 Å². The average molecular weight is 416 g/mol. The van der Waals surface area contributed by atoms with E-state index in [1.807, 2.05) is 36.4 Å². The summed E-state index contributed by atoms with van der Waals surface area (Å²) in [5.74, 6) is 1.52. The normalized spacial score (nSPS) is 10.9. The minimum atomic E-state index is 0.485. The van der Waals surface area contributed by atoms with Crippen molar-refractivity contribution in [2.24, 2.45) is 0 Å². The van der Waals surface area contributed by atoms with E-state index >= 15 is 0 Å². The van der Waals surface area contributed by atoms with E-state index in [1.165, 1.54) is 28.7 Å². The van der Waals surface area contributed by atoms with Gasteiger partial charge in [0.15, 0.2) is 4.34 Å². The fraction of sp³-hybridized carbons (Fsp3) is 0.111. The summed E-state index contributed by atoms with van der Waals surface area (Å²) in [6, 6.07) is 17.6. The zero-order valence-corrected chi connectivity index (χ0v) is 16.4. The average Bonchev–Trinajstić information content (AvgIpc) is 3.35. The molecule has 0 amide bonds. The Bertz CT molecular complexity index is 1020. The van der Waals surface area contributed by atoms with Crippen LogP contribution in [0.25, 0.3) is 11.4 Å².